The van der Waals surface area contributed by atoms with Crippen LogP contribution in [0.25, 0.3) is 0 Å². The molecule has 1 aromatic carbocycles. The Morgan fingerprint density at radius 2 is 1.94 bits per heavy atom. The largest absolute Gasteiger partial charge is 0.309 e. The lowest BCUT2D eigenvalue weighted by Gasteiger charge is -2.22. The Kier molecular flexibility index (Phi) is 4.60. The van der Waals surface area contributed by atoms with Crippen LogP contribution in [0.15, 0.2) is 18.2 Å². The molecule has 16 heavy (non-hydrogen) atoms. The molecule has 0 aromatic heterocycles. The van der Waals surface area contributed by atoms with Gasteiger partial charge in [-0.3, -0.25) is 0 Å². The number of hydrogen-bond acceptors (Lipinski definition) is 1. The van der Waals surface area contributed by atoms with Gasteiger partial charge in [-0.05, 0) is 39.0 Å². The third-order valence-corrected chi connectivity index (χ3v) is 2.69. The van der Waals surface area contributed by atoms with E-state index >= 15 is 0 Å². The van der Waals surface area contributed by atoms with Crippen LogP contribution in [0.3, 0.4) is 0 Å². The van der Waals surface area contributed by atoms with Gasteiger partial charge >= 0.3 is 0 Å². The molecule has 0 radical (unpaired) electrons. The van der Waals surface area contributed by atoms with Crippen LogP contribution in [-0.4, -0.2) is 12.1 Å². The fourth-order valence-electron chi connectivity index (χ4n) is 1.26. The maximum atomic E-state index is 13.9. The number of hydrogen-bond donors (Lipinski definition) is 1. The van der Waals surface area contributed by atoms with Crippen molar-refractivity contribution in [3.05, 3.63) is 33.8 Å². The normalized spacial score (nSPS) is 13.9. The lowest BCUT2D eigenvalue weighted by Crippen LogP contribution is -2.37. The molecule has 0 aliphatic rings. The van der Waals surface area contributed by atoms with Gasteiger partial charge in [0.15, 0.2) is 0 Å². The second kappa shape index (κ2) is 5.35. The van der Waals surface area contributed by atoms with Crippen molar-refractivity contribution in [1.29, 1.82) is 0 Å². The standard InChI is InChI=1S/C12H16Cl2FN/c1-12(2,3)16-7-11(15)9-6-8(13)4-5-10(9)14/h4-6,11,16H,7H2,1-3H3. The highest BCUT2D eigenvalue weighted by atomic mass is 35.5. The smallest absolute Gasteiger partial charge is 0.139 e. The molecule has 0 aliphatic carbocycles. The molecule has 1 unspecified atom stereocenters. The third kappa shape index (κ3) is 4.28. The molecule has 0 saturated heterocycles. The van der Waals surface area contributed by atoms with Crippen LogP contribution in [-0.2, 0) is 0 Å². The summed E-state index contributed by atoms with van der Waals surface area (Å²) in [5.74, 6) is 0. The van der Waals surface area contributed by atoms with E-state index in [0.717, 1.165) is 0 Å². The zero-order chi connectivity index (χ0) is 12.3. The molecule has 0 aliphatic heterocycles. The van der Waals surface area contributed by atoms with Gasteiger partial charge in [0.1, 0.15) is 6.17 Å². The summed E-state index contributed by atoms with van der Waals surface area (Å²) in [4.78, 5) is 0. The zero-order valence-electron chi connectivity index (χ0n) is 9.65. The predicted octanol–water partition coefficient (Wildman–Crippen LogP) is 4.39. The van der Waals surface area contributed by atoms with Crippen molar-refractivity contribution in [2.24, 2.45) is 0 Å². The molecule has 1 aromatic rings. The summed E-state index contributed by atoms with van der Waals surface area (Å²) in [5.41, 5.74) is 0.320. The second-order valence-corrected chi connectivity index (χ2v) is 5.61. The fourth-order valence-corrected chi connectivity index (χ4v) is 1.68. The first-order chi connectivity index (χ1) is 7.29. The molecule has 1 rings (SSSR count). The minimum Gasteiger partial charge on any atom is -0.309 e. The van der Waals surface area contributed by atoms with Crippen molar-refractivity contribution in [3.8, 4) is 0 Å². The van der Waals surface area contributed by atoms with E-state index < -0.39 is 6.17 Å². The third-order valence-electron chi connectivity index (χ3n) is 2.11. The van der Waals surface area contributed by atoms with Gasteiger partial charge in [-0.15, -0.1) is 0 Å². The van der Waals surface area contributed by atoms with Gasteiger partial charge < -0.3 is 5.32 Å². The van der Waals surface area contributed by atoms with Gasteiger partial charge in [-0.1, -0.05) is 23.2 Å². The van der Waals surface area contributed by atoms with Crippen LogP contribution in [0.1, 0.15) is 32.5 Å². The van der Waals surface area contributed by atoms with Gasteiger partial charge in [0.05, 0.1) is 0 Å². The van der Waals surface area contributed by atoms with E-state index in [-0.39, 0.29) is 12.1 Å². The van der Waals surface area contributed by atoms with Crippen molar-refractivity contribution in [1.82, 2.24) is 5.32 Å². The number of rotatable bonds is 3. The van der Waals surface area contributed by atoms with Gasteiger partial charge in [-0.25, -0.2) is 4.39 Å². The first-order valence-corrected chi connectivity index (χ1v) is 5.89. The maximum absolute atomic E-state index is 13.9. The molecule has 4 heteroatoms. The highest BCUT2D eigenvalue weighted by molar-refractivity contribution is 6.33. The summed E-state index contributed by atoms with van der Waals surface area (Å²) in [6, 6.07) is 4.83. The van der Waals surface area contributed by atoms with E-state index in [2.05, 4.69) is 5.32 Å². The Hall–Kier alpha value is -0.310. The Labute approximate surface area is 106 Å². The topological polar surface area (TPSA) is 12.0 Å². The molecule has 1 N–H and O–H groups in total. The summed E-state index contributed by atoms with van der Waals surface area (Å²) >= 11 is 11.7. The molecular weight excluding hydrogens is 248 g/mol. The van der Waals surface area contributed by atoms with Gasteiger partial charge in [0, 0.05) is 27.7 Å². The van der Waals surface area contributed by atoms with Crippen molar-refractivity contribution in [3.63, 3.8) is 0 Å². The average Bonchev–Trinajstić information content (AvgIpc) is 2.17. The Bertz CT molecular complexity index is 361. The molecule has 0 amide bonds. The lowest BCUT2D eigenvalue weighted by atomic mass is 10.1. The molecule has 0 fully saturated rings. The highest BCUT2D eigenvalue weighted by Crippen LogP contribution is 2.28. The number of nitrogens with one attached hydrogen (secondary N) is 1. The van der Waals surface area contributed by atoms with Crippen molar-refractivity contribution >= 4 is 23.2 Å². The van der Waals surface area contributed by atoms with Crippen molar-refractivity contribution < 1.29 is 4.39 Å². The molecule has 0 bridgehead atoms. The van der Waals surface area contributed by atoms with Crippen molar-refractivity contribution in [2.45, 2.75) is 32.5 Å². The van der Waals surface area contributed by atoms with Crippen LogP contribution in [0.4, 0.5) is 4.39 Å². The average molecular weight is 264 g/mol. The monoisotopic (exact) mass is 263 g/mol. The van der Waals surface area contributed by atoms with Crippen LogP contribution in [0.5, 0.6) is 0 Å². The Morgan fingerprint density at radius 3 is 2.50 bits per heavy atom. The summed E-state index contributed by atoms with van der Waals surface area (Å²) in [6.07, 6.45) is -1.15. The highest BCUT2D eigenvalue weighted by Gasteiger charge is 2.17. The fraction of sp³-hybridized carbons (Fsp3) is 0.500. The Morgan fingerprint density at radius 1 is 1.31 bits per heavy atom. The number of alkyl halides is 1. The van der Waals surface area contributed by atoms with E-state index in [0.29, 0.717) is 15.6 Å². The Balaban J connectivity index is 2.73. The summed E-state index contributed by atoms with van der Waals surface area (Å²) in [7, 11) is 0. The minimum absolute atomic E-state index is 0.116. The SMILES string of the molecule is CC(C)(C)NCC(F)c1cc(Cl)ccc1Cl. The molecule has 0 spiro atoms. The molecule has 1 nitrogen and oxygen atoms in total. The number of halogens is 3. The van der Waals surface area contributed by atoms with Crippen LogP contribution in [0.2, 0.25) is 10.0 Å². The minimum atomic E-state index is -1.15. The van der Waals surface area contributed by atoms with Crippen LogP contribution >= 0.6 is 23.2 Å². The summed E-state index contributed by atoms with van der Waals surface area (Å²) in [5, 5.41) is 4.00. The first-order valence-electron chi connectivity index (χ1n) is 5.13. The van der Waals surface area contributed by atoms with Crippen molar-refractivity contribution in [2.75, 3.05) is 6.54 Å². The molecule has 90 valence electrons. The van der Waals surface area contributed by atoms with E-state index in [4.69, 9.17) is 23.2 Å². The van der Waals surface area contributed by atoms with Gasteiger partial charge in [0.25, 0.3) is 0 Å². The van der Waals surface area contributed by atoms with E-state index in [9.17, 15) is 4.39 Å². The predicted molar refractivity (Wildman–Crippen MR) is 68.1 cm³/mol. The second-order valence-electron chi connectivity index (χ2n) is 4.76. The molecule has 1 atom stereocenters. The van der Waals surface area contributed by atoms with Crippen LogP contribution in [0, 0.1) is 0 Å². The zero-order valence-corrected chi connectivity index (χ0v) is 11.2. The summed E-state index contributed by atoms with van der Waals surface area (Å²) in [6.45, 7) is 6.18. The lowest BCUT2D eigenvalue weighted by molar-refractivity contribution is 0.291. The van der Waals surface area contributed by atoms with Gasteiger partial charge in [0.2, 0.25) is 0 Å². The maximum Gasteiger partial charge on any atom is 0.139 e. The molecule has 0 saturated carbocycles. The molecular formula is C12H16Cl2FN. The van der Waals surface area contributed by atoms with E-state index in [1.165, 1.54) is 0 Å². The van der Waals surface area contributed by atoms with Crippen LogP contribution < -0.4 is 5.32 Å². The molecule has 0 heterocycles. The van der Waals surface area contributed by atoms with Gasteiger partial charge in [-0.2, -0.15) is 0 Å². The summed E-state index contributed by atoms with van der Waals surface area (Å²) < 4.78 is 13.9. The quantitative estimate of drug-likeness (QED) is 0.853. The number of benzene rings is 1. The van der Waals surface area contributed by atoms with E-state index in [1.807, 2.05) is 20.8 Å². The van der Waals surface area contributed by atoms with E-state index in [1.54, 1.807) is 18.2 Å². The first kappa shape index (κ1) is 13.8.